The maximum atomic E-state index is 13.6. The predicted molar refractivity (Wildman–Crippen MR) is 140 cm³/mol. The lowest BCUT2D eigenvalue weighted by Crippen LogP contribution is -2.22. The number of ether oxygens (including phenoxy) is 4. The fraction of sp³-hybridized carbons (Fsp3) is 0.214. The molecule has 2 heterocycles. The van der Waals surface area contributed by atoms with Gasteiger partial charge < -0.3 is 28.7 Å². The van der Waals surface area contributed by atoms with Crippen LogP contribution in [-0.2, 0) is 16.1 Å². The summed E-state index contributed by atoms with van der Waals surface area (Å²) in [6, 6.07) is 13.7. The third kappa shape index (κ3) is 5.75. The van der Waals surface area contributed by atoms with E-state index in [2.05, 4.69) is 15.3 Å². The quantitative estimate of drug-likeness (QED) is 0.334. The van der Waals surface area contributed by atoms with Crippen molar-refractivity contribution in [2.75, 3.05) is 26.6 Å². The Balaban J connectivity index is 1.90. The molecule has 0 aliphatic heterocycles. The van der Waals surface area contributed by atoms with Crippen LogP contribution in [0.4, 0.5) is 11.4 Å². The van der Waals surface area contributed by atoms with Gasteiger partial charge in [-0.25, -0.2) is 4.99 Å². The fourth-order valence-corrected chi connectivity index (χ4v) is 3.72. The summed E-state index contributed by atoms with van der Waals surface area (Å²) >= 11 is 0. The van der Waals surface area contributed by atoms with Gasteiger partial charge in [0.25, 0.3) is 5.91 Å². The summed E-state index contributed by atoms with van der Waals surface area (Å²) in [5, 5.41) is 3.43. The lowest BCUT2D eigenvalue weighted by atomic mass is 10.1. The molecule has 0 spiro atoms. The third-order valence-corrected chi connectivity index (χ3v) is 5.67. The van der Waals surface area contributed by atoms with Crippen molar-refractivity contribution in [2.24, 2.45) is 4.99 Å². The predicted octanol–water partition coefficient (Wildman–Crippen LogP) is 4.71. The highest BCUT2D eigenvalue weighted by Crippen LogP contribution is 2.30. The van der Waals surface area contributed by atoms with E-state index in [0.29, 0.717) is 50.8 Å². The number of hydrogen-bond donors (Lipinski definition) is 1. The average molecular weight is 518 g/mol. The van der Waals surface area contributed by atoms with Gasteiger partial charge in [-0.1, -0.05) is 6.07 Å². The van der Waals surface area contributed by atoms with Gasteiger partial charge in [0.15, 0.2) is 5.58 Å². The second kappa shape index (κ2) is 11.5. The van der Waals surface area contributed by atoms with E-state index in [4.69, 9.17) is 23.4 Å². The molecule has 10 heteroatoms. The normalized spacial score (nSPS) is 11.2. The number of nitrogens with zero attached hydrogens (tertiary/aromatic N) is 2. The Kier molecular flexibility index (Phi) is 7.91. The van der Waals surface area contributed by atoms with Crippen LogP contribution >= 0.6 is 0 Å². The Labute approximate surface area is 218 Å². The number of carbonyl (C=O) groups excluding carboxylic acids is 2. The molecule has 0 atom stereocenters. The van der Waals surface area contributed by atoms with Crippen molar-refractivity contribution >= 4 is 34.2 Å². The SMILES string of the molecule is COc1cccc(N=c2oc3c(C)ncc(COC(C)=O)c3cc2C(=O)Nc2ccc(OC)cc2OC)c1. The number of pyridine rings is 1. The molecule has 0 saturated heterocycles. The molecule has 10 nitrogen and oxygen atoms in total. The molecule has 4 aromatic rings. The first-order chi connectivity index (χ1) is 18.3. The molecular formula is C28H27N3O7. The van der Waals surface area contributed by atoms with Crippen molar-refractivity contribution in [2.45, 2.75) is 20.5 Å². The third-order valence-electron chi connectivity index (χ3n) is 5.67. The summed E-state index contributed by atoms with van der Waals surface area (Å²) in [6.07, 6.45) is 1.59. The van der Waals surface area contributed by atoms with Crippen molar-refractivity contribution in [3.05, 3.63) is 77.1 Å². The first-order valence-corrected chi connectivity index (χ1v) is 11.6. The number of benzene rings is 2. The number of anilines is 1. The molecule has 0 radical (unpaired) electrons. The number of carbonyl (C=O) groups is 2. The highest BCUT2D eigenvalue weighted by Gasteiger charge is 2.19. The van der Waals surface area contributed by atoms with E-state index in [9.17, 15) is 9.59 Å². The maximum Gasteiger partial charge on any atom is 0.302 e. The summed E-state index contributed by atoms with van der Waals surface area (Å²) in [7, 11) is 4.59. The topological polar surface area (TPSA) is 121 Å². The highest BCUT2D eigenvalue weighted by atomic mass is 16.5. The molecule has 196 valence electrons. The minimum Gasteiger partial charge on any atom is -0.497 e. The Bertz CT molecular complexity index is 1580. The monoisotopic (exact) mass is 517 g/mol. The van der Waals surface area contributed by atoms with Crippen LogP contribution in [0.15, 0.2) is 64.1 Å². The van der Waals surface area contributed by atoms with E-state index in [1.54, 1.807) is 75.9 Å². The second-order valence-corrected chi connectivity index (χ2v) is 8.19. The Morgan fingerprint density at radius 1 is 1.00 bits per heavy atom. The Hall–Kier alpha value is -4.86. The number of methoxy groups -OCH3 is 3. The smallest absolute Gasteiger partial charge is 0.302 e. The van der Waals surface area contributed by atoms with Crippen LogP contribution in [-0.4, -0.2) is 38.2 Å². The van der Waals surface area contributed by atoms with E-state index >= 15 is 0 Å². The van der Waals surface area contributed by atoms with Gasteiger partial charge in [0.1, 0.15) is 29.4 Å². The number of aromatic nitrogens is 1. The number of rotatable bonds is 8. The zero-order valence-corrected chi connectivity index (χ0v) is 21.7. The summed E-state index contributed by atoms with van der Waals surface area (Å²) in [4.78, 5) is 34.0. The molecule has 2 aromatic heterocycles. The van der Waals surface area contributed by atoms with Crippen LogP contribution in [0, 0.1) is 6.92 Å². The number of amides is 1. The van der Waals surface area contributed by atoms with Crippen LogP contribution in [0.2, 0.25) is 0 Å². The molecule has 0 fully saturated rings. The van der Waals surface area contributed by atoms with Crippen molar-refractivity contribution in [3.8, 4) is 17.2 Å². The molecule has 0 aliphatic rings. The van der Waals surface area contributed by atoms with E-state index in [1.807, 2.05) is 0 Å². The van der Waals surface area contributed by atoms with Gasteiger partial charge in [0.2, 0.25) is 5.55 Å². The molecule has 4 rings (SSSR count). The molecule has 0 unspecified atom stereocenters. The lowest BCUT2D eigenvalue weighted by Gasteiger charge is -2.13. The molecule has 1 amide bonds. The molecule has 1 N–H and O–H groups in total. The maximum absolute atomic E-state index is 13.6. The summed E-state index contributed by atoms with van der Waals surface area (Å²) in [5.74, 6) is 0.658. The van der Waals surface area contributed by atoms with Gasteiger partial charge in [-0.2, -0.15) is 0 Å². The van der Waals surface area contributed by atoms with Gasteiger partial charge in [-0.3, -0.25) is 14.6 Å². The minimum absolute atomic E-state index is 0.0334. The van der Waals surface area contributed by atoms with Crippen LogP contribution < -0.4 is 25.1 Å². The van der Waals surface area contributed by atoms with Gasteiger partial charge in [-0.15, -0.1) is 0 Å². The van der Waals surface area contributed by atoms with Gasteiger partial charge in [0.05, 0.1) is 38.4 Å². The highest BCUT2D eigenvalue weighted by molar-refractivity contribution is 6.06. The van der Waals surface area contributed by atoms with Crippen molar-refractivity contribution in [1.82, 2.24) is 4.98 Å². The zero-order chi connectivity index (χ0) is 27.2. The van der Waals surface area contributed by atoms with Crippen molar-refractivity contribution in [3.63, 3.8) is 0 Å². The summed E-state index contributed by atoms with van der Waals surface area (Å²) in [5.41, 5.74) is 2.72. The van der Waals surface area contributed by atoms with Gasteiger partial charge in [-0.05, 0) is 37.3 Å². The first-order valence-electron chi connectivity index (χ1n) is 11.6. The number of nitrogens with one attached hydrogen (secondary N) is 1. The number of fused-ring (bicyclic) bond motifs is 1. The molecule has 0 saturated carbocycles. The molecule has 0 bridgehead atoms. The summed E-state index contributed by atoms with van der Waals surface area (Å²) in [6.45, 7) is 3.06. The second-order valence-electron chi connectivity index (χ2n) is 8.19. The molecular weight excluding hydrogens is 490 g/mol. The van der Waals surface area contributed by atoms with Crippen molar-refractivity contribution < 1.29 is 33.0 Å². The van der Waals surface area contributed by atoms with E-state index in [0.717, 1.165) is 0 Å². The van der Waals surface area contributed by atoms with Crippen molar-refractivity contribution in [1.29, 1.82) is 0 Å². The van der Waals surface area contributed by atoms with Gasteiger partial charge in [0, 0.05) is 36.2 Å². The average Bonchev–Trinajstić information content (AvgIpc) is 2.92. The minimum atomic E-state index is -0.492. The van der Waals surface area contributed by atoms with Crippen LogP contribution in [0.5, 0.6) is 17.2 Å². The Morgan fingerprint density at radius 3 is 2.47 bits per heavy atom. The molecule has 2 aromatic carbocycles. The Morgan fingerprint density at radius 2 is 1.76 bits per heavy atom. The zero-order valence-electron chi connectivity index (χ0n) is 21.7. The number of esters is 1. The van der Waals surface area contributed by atoms with E-state index in [1.165, 1.54) is 14.0 Å². The van der Waals surface area contributed by atoms with Crippen LogP contribution in [0.3, 0.4) is 0 Å². The summed E-state index contributed by atoms with van der Waals surface area (Å²) < 4.78 is 27.3. The lowest BCUT2D eigenvalue weighted by molar-refractivity contribution is -0.142. The van der Waals surface area contributed by atoms with Gasteiger partial charge >= 0.3 is 5.97 Å². The van der Waals surface area contributed by atoms with Crippen LogP contribution in [0.25, 0.3) is 11.0 Å². The first kappa shape index (κ1) is 26.2. The standard InChI is InChI=1S/C28H27N3O7/c1-16-26-22(18(14-29-16)15-37-17(2)32)13-23(28(38-26)30-19-7-6-8-20(11-19)34-3)27(33)31-24-10-9-21(35-4)12-25(24)36-5/h6-14H,15H2,1-5H3,(H,31,33). The molecule has 38 heavy (non-hydrogen) atoms. The largest absolute Gasteiger partial charge is 0.497 e. The van der Waals surface area contributed by atoms with E-state index < -0.39 is 11.9 Å². The van der Waals surface area contributed by atoms with E-state index in [-0.39, 0.29) is 17.7 Å². The number of aryl methyl sites for hydroxylation is 1. The van der Waals surface area contributed by atoms with Crippen LogP contribution in [0.1, 0.15) is 28.5 Å². The number of hydrogen-bond acceptors (Lipinski definition) is 9. The molecule has 0 aliphatic carbocycles. The fourth-order valence-electron chi connectivity index (χ4n) is 3.72.